The number of hydrogen-bond donors (Lipinski definition) is 2. The maximum Gasteiger partial charge on any atom is 0.266 e. The van der Waals surface area contributed by atoms with E-state index in [2.05, 4.69) is 21.5 Å². The summed E-state index contributed by atoms with van der Waals surface area (Å²) in [5.41, 5.74) is 4.50. The zero-order chi connectivity index (χ0) is 22.8. The first-order valence-corrected chi connectivity index (χ1v) is 10.4. The number of carbonyl (C=O) groups excluding carboxylic acids is 1. The van der Waals surface area contributed by atoms with Crippen molar-refractivity contribution in [1.29, 1.82) is 5.26 Å². The average molecular weight is 446 g/mol. The van der Waals surface area contributed by atoms with Crippen molar-refractivity contribution in [1.82, 2.24) is 14.6 Å². The predicted octanol–water partition coefficient (Wildman–Crippen LogP) is 4.13. The summed E-state index contributed by atoms with van der Waals surface area (Å²) in [5.74, 6) is -0.740. The number of anilines is 1. The van der Waals surface area contributed by atoms with Gasteiger partial charge < -0.3 is 5.32 Å². The molecule has 2 N–H and O–H groups in total. The smallest absolute Gasteiger partial charge is 0.266 e. The Morgan fingerprint density at radius 1 is 1.22 bits per heavy atom. The monoisotopic (exact) mass is 445 g/mol. The van der Waals surface area contributed by atoms with E-state index in [0.29, 0.717) is 27.6 Å². The molecule has 4 aromatic rings. The van der Waals surface area contributed by atoms with E-state index in [1.165, 1.54) is 6.07 Å². The molecule has 0 spiro atoms. The van der Waals surface area contributed by atoms with Crippen LogP contribution in [0.4, 0.5) is 5.69 Å². The second kappa shape index (κ2) is 8.69. The summed E-state index contributed by atoms with van der Waals surface area (Å²) in [7, 11) is 0. The van der Waals surface area contributed by atoms with E-state index < -0.39 is 5.92 Å². The maximum atomic E-state index is 12.7. The molecule has 2 heterocycles. The molecule has 4 rings (SSSR count). The summed E-state index contributed by atoms with van der Waals surface area (Å²) >= 11 is 6.47. The minimum absolute atomic E-state index is 0.0883. The van der Waals surface area contributed by atoms with Gasteiger partial charge in [-0.05, 0) is 37.1 Å². The topological polar surface area (TPSA) is 103 Å². The number of aromatic nitrogens is 3. The van der Waals surface area contributed by atoms with E-state index in [1.807, 2.05) is 44.2 Å². The Morgan fingerprint density at radius 3 is 2.66 bits per heavy atom. The van der Waals surface area contributed by atoms with Crippen molar-refractivity contribution in [2.24, 2.45) is 0 Å². The molecule has 1 atom stereocenters. The molecule has 0 radical (unpaired) electrons. The molecule has 8 heteroatoms. The molecule has 0 bridgehead atoms. The molecule has 0 aliphatic carbocycles. The third-order valence-corrected chi connectivity index (χ3v) is 5.72. The lowest BCUT2D eigenvalue weighted by atomic mass is 9.92. The number of aryl methyl sites for hydroxylation is 2. The number of nitrogens with zero attached hydrogens (tertiary/aromatic N) is 3. The number of nitrogens with one attached hydrogen (secondary N) is 2. The van der Waals surface area contributed by atoms with Crippen molar-refractivity contribution in [3.63, 3.8) is 0 Å². The Morgan fingerprint density at radius 2 is 1.97 bits per heavy atom. The van der Waals surface area contributed by atoms with Crippen molar-refractivity contribution in [2.45, 2.75) is 26.2 Å². The van der Waals surface area contributed by atoms with Crippen molar-refractivity contribution in [3.05, 3.63) is 98.1 Å². The van der Waals surface area contributed by atoms with Gasteiger partial charge in [-0.1, -0.05) is 48.0 Å². The zero-order valence-corrected chi connectivity index (χ0v) is 18.3. The van der Waals surface area contributed by atoms with Crippen LogP contribution in [-0.4, -0.2) is 20.5 Å². The summed E-state index contributed by atoms with van der Waals surface area (Å²) < 4.78 is 1.58. The number of halogens is 1. The number of carbonyl (C=O) groups is 1. The maximum absolute atomic E-state index is 12.7. The number of H-pyrrole nitrogens is 1. The average Bonchev–Trinajstić information content (AvgIpc) is 3.14. The molecule has 7 nitrogen and oxygen atoms in total. The molecule has 0 saturated carbocycles. The highest BCUT2D eigenvalue weighted by atomic mass is 35.5. The van der Waals surface area contributed by atoms with Crippen LogP contribution in [-0.2, 0) is 11.2 Å². The van der Waals surface area contributed by atoms with Gasteiger partial charge in [0.2, 0.25) is 5.91 Å². The molecule has 2 aromatic carbocycles. The number of rotatable bonds is 5. The van der Waals surface area contributed by atoms with Crippen LogP contribution in [0.3, 0.4) is 0 Å². The van der Waals surface area contributed by atoms with Crippen LogP contribution in [0.15, 0.2) is 59.4 Å². The Balaban J connectivity index is 1.55. The lowest BCUT2D eigenvalue weighted by molar-refractivity contribution is -0.115. The molecule has 160 valence electrons. The number of hydrogen-bond acceptors (Lipinski definition) is 4. The van der Waals surface area contributed by atoms with Gasteiger partial charge in [-0.15, -0.1) is 0 Å². The van der Waals surface area contributed by atoms with Gasteiger partial charge in [0.05, 0.1) is 18.4 Å². The van der Waals surface area contributed by atoms with E-state index in [-0.39, 0.29) is 17.9 Å². The Hall–Kier alpha value is -3.89. The Labute approximate surface area is 189 Å². The van der Waals surface area contributed by atoms with Gasteiger partial charge in [0.1, 0.15) is 0 Å². The van der Waals surface area contributed by atoms with E-state index in [0.717, 1.165) is 16.8 Å². The number of aromatic amines is 1. The fourth-order valence-corrected chi connectivity index (χ4v) is 4.07. The number of nitriles is 1. The molecular weight excluding hydrogens is 426 g/mol. The van der Waals surface area contributed by atoms with Crippen LogP contribution in [0.2, 0.25) is 5.02 Å². The van der Waals surface area contributed by atoms with E-state index in [1.54, 1.807) is 22.7 Å². The first kappa shape index (κ1) is 21.3. The third-order valence-electron chi connectivity index (χ3n) is 5.40. The van der Waals surface area contributed by atoms with Gasteiger partial charge >= 0.3 is 0 Å². The van der Waals surface area contributed by atoms with Gasteiger partial charge in [0.25, 0.3) is 5.56 Å². The van der Waals surface area contributed by atoms with Gasteiger partial charge in [-0.3, -0.25) is 14.7 Å². The Bertz CT molecular complexity index is 1420. The summed E-state index contributed by atoms with van der Waals surface area (Å²) in [6.07, 6.45) is 0.0883. The number of amides is 1. The molecule has 2 aromatic heterocycles. The minimum atomic E-state index is -0.500. The second-order valence-electron chi connectivity index (χ2n) is 7.51. The van der Waals surface area contributed by atoms with E-state index >= 15 is 0 Å². The summed E-state index contributed by atoms with van der Waals surface area (Å²) in [5, 5.41) is 15.6. The van der Waals surface area contributed by atoms with Crippen LogP contribution in [0.1, 0.15) is 34.0 Å². The zero-order valence-electron chi connectivity index (χ0n) is 17.5. The number of benzene rings is 2. The second-order valence-corrected chi connectivity index (χ2v) is 7.92. The van der Waals surface area contributed by atoms with Gasteiger partial charge in [-0.2, -0.15) is 5.26 Å². The molecule has 0 aliphatic rings. The van der Waals surface area contributed by atoms with Crippen LogP contribution in [0.5, 0.6) is 0 Å². The van der Waals surface area contributed by atoms with Crippen molar-refractivity contribution >= 4 is 28.8 Å². The largest absolute Gasteiger partial charge is 0.326 e. The highest BCUT2D eigenvalue weighted by Gasteiger charge is 2.18. The first-order valence-electron chi connectivity index (χ1n) is 9.99. The van der Waals surface area contributed by atoms with Crippen LogP contribution >= 0.6 is 11.6 Å². The van der Waals surface area contributed by atoms with E-state index in [4.69, 9.17) is 11.6 Å². The fraction of sp³-hybridized carbons (Fsp3) is 0.167. The highest BCUT2D eigenvalue weighted by Crippen LogP contribution is 2.32. The van der Waals surface area contributed by atoms with E-state index in [9.17, 15) is 14.9 Å². The molecule has 1 amide bonds. The van der Waals surface area contributed by atoms with Crippen LogP contribution < -0.4 is 10.9 Å². The summed E-state index contributed by atoms with van der Waals surface area (Å²) in [6.45, 7) is 3.64. The summed E-state index contributed by atoms with van der Waals surface area (Å²) in [6, 6.07) is 18.3. The SMILES string of the molecule is Cc1nc2cc(=O)[nH]n2c(C)c1CC(=O)Nc1ccc(C(C#N)c2ccccc2)c(Cl)c1. The highest BCUT2D eigenvalue weighted by molar-refractivity contribution is 6.31. The number of fused-ring (bicyclic) bond motifs is 1. The Kier molecular flexibility index (Phi) is 5.80. The molecule has 32 heavy (non-hydrogen) atoms. The third kappa shape index (κ3) is 4.13. The van der Waals surface area contributed by atoms with Crippen LogP contribution in [0.25, 0.3) is 5.65 Å². The molecule has 1 unspecified atom stereocenters. The minimum Gasteiger partial charge on any atom is -0.326 e. The van der Waals surface area contributed by atoms with Gasteiger partial charge in [0, 0.05) is 33.7 Å². The lowest BCUT2D eigenvalue weighted by Gasteiger charge is -2.14. The summed E-state index contributed by atoms with van der Waals surface area (Å²) in [4.78, 5) is 28.7. The van der Waals surface area contributed by atoms with Crippen molar-refractivity contribution in [3.8, 4) is 6.07 Å². The molecule has 0 saturated heterocycles. The van der Waals surface area contributed by atoms with Gasteiger partial charge in [-0.25, -0.2) is 9.50 Å². The normalized spacial score (nSPS) is 11.8. The van der Waals surface area contributed by atoms with Gasteiger partial charge in [0.15, 0.2) is 5.65 Å². The van der Waals surface area contributed by atoms with Crippen molar-refractivity contribution in [2.75, 3.05) is 5.32 Å². The molecule has 0 aliphatic heterocycles. The lowest BCUT2D eigenvalue weighted by Crippen LogP contribution is -2.18. The fourth-order valence-electron chi connectivity index (χ4n) is 3.79. The predicted molar refractivity (Wildman–Crippen MR) is 123 cm³/mol. The van der Waals surface area contributed by atoms with Crippen LogP contribution in [0, 0.1) is 25.2 Å². The van der Waals surface area contributed by atoms with Crippen molar-refractivity contribution < 1.29 is 4.79 Å². The first-order chi connectivity index (χ1) is 15.4. The molecular formula is C24H20ClN5O2. The quantitative estimate of drug-likeness (QED) is 0.482. The standard InChI is InChI=1S/C24H20ClN5O2/c1-14-19(15(2)30-22(27-14)12-24(32)29-30)11-23(31)28-17-8-9-18(21(25)10-17)20(13-26)16-6-4-3-5-7-16/h3-10,12,20H,11H2,1-2H3,(H,28,31)(H,29,32). The molecule has 0 fully saturated rings.